The molecule has 1 amide bonds. The summed E-state index contributed by atoms with van der Waals surface area (Å²) in [5.41, 5.74) is 1.22. The van der Waals surface area contributed by atoms with Gasteiger partial charge in [0.2, 0.25) is 10.0 Å². The fraction of sp³-hybridized carbons (Fsp3) is 0.250. The monoisotopic (exact) mass is 445 g/mol. The molecule has 1 aliphatic rings. The average Bonchev–Trinajstić information content (AvgIpc) is 3.42. The van der Waals surface area contributed by atoms with E-state index in [1.165, 1.54) is 29.5 Å². The van der Waals surface area contributed by atoms with Crippen LogP contribution in [0.4, 0.5) is 5.69 Å². The Balaban J connectivity index is 1.58. The van der Waals surface area contributed by atoms with Crippen LogP contribution in [0.25, 0.3) is 5.69 Å². The average molecular weight is 446 g/mol. The second-order valence-corrected chi connectivity index (χ2v) is 9.24. The van der Waals surface area contributed by atoms with Crippen molar-refractivity contribution in [1.29, 1.82) is 0 Å². The maximum absolute atomic E-state index is 12.9. The largest absolute Gasteiger partial charge is 0.320 e. The van der Waals surface area contributed by atoms with E-state index in [0.717, 1.165) is 25.7 Å². The minimum absolute atomic E-state index is 0.0517. The van der Waals surface area contributed by atoms with Crippen LogP contribution < -0.4 is 10.0 Å². The predicted molar refractivity (Wildman–Crippen MR) is 113 cm³/mol. The molecule has 1 fully saturated rings. The molecule has 156 valence electrons. The number of hydrogen-bond donors (Lipinski definition) is 2. The lowest BCUT2D eigenvalue weighted by atomic mass is 10.2. The van der Waals surface area contributed by atoms with Gasteiger partial charge < -0.3 is 5.32 Å². The highest BCUT2D eigenvalue weighted by atomic mass is 35.5. The Bertz CT molecular complexity index is 1160. The summed E-state index contributed by atoms with van der Waals surface area (Å²) >= 11 is 6.09. The van der Waals surface area contributed by atoms with E-state index in [9.17, 15) is 13.2 Å². The van der Waals surface area contributed by atoms with Gasteiger partial charge in [-0.05, 0) is 49.2 Å². The maximum atomic E-state index is 12.9. The third-order valence-corrected chi connectivity index (χ3v) is 6.71. The minimum Gasteiger partial charge on any atom is -0.320 e. The standard InChI is InChI=1S/C20H20ClN5O3S/c21-15-8-9-19(26-13-22-12-23-26)18(11-15)24-20(27)14-4-3-7-17(10-14)30(28,29)25-16-5-1-2-6-16/h3-4,7-13,16,25H,1-2,5-6H2,(H,24,27). The quantitative estimate of drug-likeness (QED) is 0.604. The highest BCUT2D eigenvalue weighted by Gasteiger charge is 2.23. The molecule has 0 aliphatic heterocycles. The second-order valence-electron chi connectivity index (χ2n) is 7.09. The van der Waals surface area contributed by atoms with Gasteiger partial charge in [0.15, 0.2) is 0 Å². The number of sulfonamides is 1. The molecule has 1 aromatic heterocycles. The Morgan fingerprint density at radius 3 is 2.67 bits per heavy atom. The molecule has 1 aliphatic carbocycles. The van der Waals surface area contributed by atoms with Gasteiger partial charge in [0.1, 0.15) is 12.7 Å². The molecule has 2 N–H and O–H groups in total. The third kappa shape index (κ3) is 4.53. The van der Waals surface area contributed by atoms with Gasteiger partial charge in [0.05, 0.1) is 16.3 Å². The molecule has 0 radical (unpaired) electrons. The number of amides is 1. The summed E-state index contributed by atoms with van der Waals surface area (Å²) in [5, 5.41) is 7.29. The van der Waals surface area contributed by atoms with Gasteiger partial charge in [-0.15, -0.1) is 0 Å². The van der Waals surface area contributed by atoms with Crippen molar-refractivity contribution in [2.45, 2.75) is 36.6 Å². The summed E-state index contributed by atoms with van der Waals surface area (Å²) in [6, 6.07) is 10.9. The van der Waals surface area contributed by atoms with Crippen LogP contribution in [0.3, 0.4) is 0 Å². The Hall–Kier alpha value is -2.75. The van der Waals surface area contributed by atoms with Crippen molar-refractivity contribution in [3.63, 3.8) is 0 Å². The summed E-state index contributed by atoms with van der Waals surface area (Å²) in [7, 11) is -3.70. The molecule has 0 bridgehead atoms. The zero-order valence-electron chi connectivity index (χ0n) is 16.0. The van der Waals surface area contributed by atoms with Gasteiger partial charge in [-0.3, -0.25) is 4.79 Å². The number of nitrogens with one attached hydrogen (secondary N) is 2. The zero-order chi connectivity index (χ0) is 21.1. The molecule has 1 heterocycles. The van der Waals surface area contributed by atoms with E-state index >= 15 is 0 Å². The maximum Gasteiger partial charge on any atom is 0.255 e. The van der Waals surface area contributed by atoms with Gasteiger partial charge in [-0.1, -0.05) is 30.5 Å². The number of halogens is 1. The number of carbonyl (C=O) groups is 1. The fourth-order valence-corrected chi connectivity index (χ4v) is 4.99. The first-order valence-corrected chi connectivity index (χ1v) is 11.4. The summed E-state index contributed by atoms with van der Waals surface area (Å²) in [6.07, 6.45) is 6.58. The topological polar surface area (TPSA) is 106 Å². The van der Waals surface area contributed by atoms with Crippen molar-refractivity contribution >= 4 is 33.2 Å². The summed E-state index contributed by atoms with van der Waals surface area (Å²) in [4.78, 5) is 16.8. The second kappa shape index (κ2) is 8.55. The molecule has 3 aromatic rings. The van der Waals surface area contributed by atoms with Crippen LogP contribution in [0, 0.1) is 0 Å². The van der Waals surface area contributed by atoms with E-state index < -0.39 is 15.9 Å². The number of hydrogen-bond acceptors (Lipinski definition) is 5. The van der Waals surface area contributed by atoms with Crippen molar-refractivity contribution in [3.8, 4) is 5.69 Å². The SMILES string of the molecule is O=C(Nc1cc(Cl)ccc1-n1cncn1)c1cccc(S(=O)(=O)NC2CCCC2)c1. The normalized spacial score (nSPS) is 14.7. The lowest BCUT2D eigenvalue weighted by molar-refractivity contribution is 0.102. The number of anilines is 1. The summed E-state index contributed by atoms with van der Waals surface area (Å²) < 4.78 is 29.6. The highest BCUT2D eigenvalue weighted by Crippen LogP contribution is 2.25. The molecule has 0 spiro atoms. The first kappa shape index (κ1) is 20.5. The molecule has 0 atom stereocenters. The van der Waals surface area contributed by atoms with Crippen molar-refractivity contribution in [1.82, 2.24) is 19.5 Å². The van der Waals surface area contributed by atoms with Crippen LogP contribution in [-0.2, 0) is 10.0 Å². The molecule has 4 rings (SSSR count). The Morgan fingerprint density at radius 1 is 1.13 bits per heavy atom. The Kier molecular flexibility index (Phi) is 5.85. The van der Waals surface area contributed by atoms with E-state index in [1.54, 1.807) is 30.3 Å². The van der Waals surface area contributed by atoms with Crippen molar-refractivity contribution in [3.05, 3.63) is 65.7 Å². The van der Waals surface area contributed by atoms with E-state index in [1.807, 2.05) is 0 Å². The lowest BCUT2D eigenvalue weighted by Crippen LogP contribution is -2.32. The molecule has 30 heavy (non-hydrogen) atoms. The fourth-order valence-electron chi connectivity index (χ4n) is 3.47. The molecule has 2 aromatic carbocycles. The van der Waals surface area contributed by atoms with Crippen LogP contribution in [0.1, 0.15) is 36.0 Å². The van der Waals surface area contributed by atoms with Crippen LogP contribution in [0.2, 0.25) is 5.02 Å². The van der Waals surface area contributed by atoms with Crippen LogP contribution >= 0.6 is 11.6 Å². The van der Waals surface area contributed by atoms with Crippen molar-refractivity contribution < 1.29 is 13.2 Å². The van der Waals surface area contributed by atoms with E-state index in [-0.39, 0.29) is 16.5 Å². The van der Waals surface area contributed by atoms with E-state index in [2.05, 4.69) is 20.1 Å². The van der Waals surface area contributed by atoms with Gasteiger partial charge >= 0.3 is 0 Å². The third-order valence-electron chi connectivity index (χ3n) is 4.96. The smallest absolute Gasteiger partial charge is 0.255 e. The molecular formula is C20H20ClN5O3S. The van der Waals surface area contributed by atoms with E-state index in [4.69, 9.17) is 11.6 Å². The number of rotatable bonds is 6. The molecule has 1 saturated carbocycles. The number of nitrogens with zero attached hydrogens (tertiary/aromatic N) is 3. The van der Waals surface area contributed by atoms with Crippen LogP contribution in [-0.4, -0.2) is 35.1 Å². The number of aromatic nitrogens is 3. The molecule has 0 saturated heterocycles. The first-order chi connectivity index (χ1) is 14.4. The van der Waals surface area contributed by atoms with Gasteiger partial charge in [-0.2, -0.15) is 5.10 Å². The van der Waals surface area contributed by atoms with Crippen LogP contribution in [0.15, 0.2) is 60.0 Å². The van der Waals surface area contributed by atoms with Gasteiger partial charge in [0, 0.05) is 16.6 Å². The van der Waals surface area contributed by atoms with Crippen molar-refractivity contribution in [2.75, 3.05) is 5.32 Å². The molecule has 10 heteroatoms. The zero-order valence-corrected chi connectivity index (χ0v) is 17.5. The van der Waals surface area contributed by atoms with E-state index in [0.29, 0.717) is 16.4 Å². The van der Waals surface area contributed by atoms with Crippen molar-refractivity contribution in [2.24, 2.45) is 0 Å². The predicted octanol–water partition coefficient (Wildman–Crippen LogP) is 3.39. The Morgan fingerprint density at radius 2 is 1.93 bits per heavy atom. The first-order valence-electron chi connectivity index (χ1n) is 9.51. The lowest BCUT2D eigenvalue weighted by Gasteiger charge is -2.14. The van der Waals surface area contributed by atoms with Gasteiger partial charge in [-0.25, -0.2) is 22.8 Å². The molecular weight excluding hydrogens is 426 g/mol. The Labute approximate surface area is 179 Å². The highest BCUT2D eigenvalue weighted by molar-refractivity contribution is 7.89. The number of carbonyl (C=O) groups excluding carboxylic acids is 1. The molecule has 8 nitrogen and oxygen atoms in total. The molecule has 0 unspecified atom stereocenters. The van der Waals surface area contributed by atoms with Crippen LogP contribution in [0.5, 0.6) is 0 Å². The van der Waals surface area contributed by atoms with Gasteiger partial charge in [0.25, 0.3) is 5.91 Å². The number of benzene rings is 2. The summed E-state index contributed by atoms with van der Waals surface area (Å²) in [6.45, 7) is 0. The minimum atomic E-state index is -3.70. The summed E-state index contributed by atoms with van der Waals surface area (Å²) in [5.74, 6) is -0.462.